The van der Waals surface area contributed by atoms with Crippen LogP contribution in [-0.4, -0.2) is 36.9 Å². The van der Waals surface area contributed by atoms with Gasteiger partial charge in [0.05, 0.1) is 12.5 Å². The zero-order valence-corrected chi connectivity index (χ0v) is 15.0. The number of carbonyl (C=O) groups excluding carboxylic acids is 2. The first kappa shape index (κ1) is 18.1. The summed E-state index contributed by atoms with van der Waals surface area (Å²) in [5.74, 6) is -0.226. The standard InChI is InChI=1S/C21H24N2O3/c1-26-15-16-9-11-17(12-10-16)21(25)23-13-5-6-18(14-23)20(24)22-19-7-3-2-4-8-19/h2-4,7-12,18H,5-6,13-15H2,1H3,(H,22,24). The van der Waals surface area contributed by atoms with E-state index in [2.05, 4.69) is 5.32 Å². The van der Waals surface area contributed by atoms with Gasteiger partial charge in [-0.2, -0.15) is 0 Å². The van der Waals surface area contributed by atoms with Crippen LogP contribution in [0.2, 0.25) is 0 Å². The minimum atomic E-state index is -0.180. The number of ether oxygens (including phenoxy) is 1. The van der Waals surface area contributed by atoms with Gasteiger partial charge >= 0.3 is 0 Å². The Kier molecular flexibility index (Phi) is 6.02. The van der Waals surface area contributed by atoms with Crippen LogP contribution in [-0.2, 0) is 16.1 Å². The number of nitrogens with one attached hydrogen (secondary N) is 1. The number of hydrogen-bond acceptors (Lipinski definition) is 3. The molecule has 2 aromatic carbocycles. The van der Waals surface area contributed by atoms with Crippen molar-refractivity contribution in [3.8, 4) is 0 Å². The number of nitrogens with zero attached hydrogens (tertiary/aromatic N) is 1. The highest BCUT2D eigenvalue weighted by molar-refractivity contribution is 5.96. The topological polar surface area (TPSA) is 58.6 Å². The van der Waals surface area contributed by atoms with E-state index >= 15 is 0 Å². The third-order valence-corrected chi connectivity index (χ3v) is 4.63. The fourth-order valence-corrected chi connectivity index (χ4v) is 3.23. The summed E-state index contributed by atoms with van der Waals surface area (Å²) < 4.78 is 5.09. The lowest BCUT2D eigenvalue weighted by molar-refractivity contribution is -0.121. The second-order valence-electron chi connectivity index (χ2n) is 6.58. The summed E-state index contributed by atoms with van der Waals surface area (Å²) in [6.07, 6.45) is 1.63. The molecule has 1 unspecified atom stereocenters. The van der Waals surface area contributed by atoms with Crippen molar-refractivity contribution in [1.29, 1.82) is 0 Å². The van der Waals surface area contributed by atoms with Gasteiger partial charge in [-0.15, -0.1) is 0 Å². The average molecular weight is 352 g/mol. The van der Waals surface area contributed by atoms with Crippen molar-refractivity contribution in [2.24, 2.45) is 5.92 Å². The van der Waals surface area contributed by atoms with Gasteiger partial charge in [-0.3, -0.25) is 9.59 Å². The second-order valence-corrected chi connectivity index (χ2v) is 6.58. The lowest BCUT2D eigenvalue weighted by Gasteiger charge is -2.32. The van der Waals surface area contributed by atoms with Crippen molar-refractivity contribution < 1.29 is 14.3 Å². The predicted molar refractivity (Wildman–Crippen MR) is 101 cm³/mol. The largest absolute Gasteiger partial charge is 0.380 e. The number of anilines is 1. The number of carbonyl (C=O) groups is 2. The maximum absolute atomic E-state index is 12.8. The van der Waals surface area contributed by atoms with E-state index in [-0.39, 0.29) is 17.7 Å². The summed E-state index contributed by atoms with van der Waals surface area (Å²) in [5.41, 5.74) is 2.46. The SMILES string of the molecule is COCc1ccc(C(=O)N2CCCC(C(=O)Nc3ccccc3)C2)cc1. The molecular weight excluding hydrogens is 328 g/mol. The second kappa shape index (κ2) is 8.63. The molecule has 0 aliphatic carbocycles. The zero-order chi connectivity index (χ0) is 18.4. The van der Waals surface area contributed by atoms with Crippen LogP contribution in [0, 0.1) is 5.92 Å². The van der Waals surface area contributed by atoms with Crippen LogP contribution in [0.15, 0.2) is 54.6 Å². The fourth-order valence-electron chi connectivity index (χ4n) is 3.23. The van der Waals surface area contributed by atoms with Gasteiger partial charge in [-0.05, 0) is 42.7 Å². The van der Waals surface area contributed by atoms with E-state index in [0.717, 1.165) is 24.1 Å². The van der Waals surface area contributed by atoms with Crippen molar-refractivity contribution in [1.82, 2.24) is 4.90 Å². The van der Waals surface area contributed by atoms with Crippen molar-refractivity contribution in [2.45, 2.75) is 19.4 Å². The van der Waals surface area contributed by atoms with Gasteiger partial charge < -0.3 is 15.0 Å². The number of para-hydroxylation sites is 1. The third kappa shape index (κ3) is 4.49. The minimum Gasteiger partial charge on any atom is -0.380 e. The van der Waals surface area contributed by atoms with E-state index in [1.807, 2.05) is 54.6 Å². The molecule has 3 rings (SSSR count). The molecule has 0 aromatic heterocycles. The van der Waals surface area contributed by atoms with E-state index in [4.69, 9.17) is 4.74 Å². The normalized spacial score (nSPS) is 17.0. The highest BCUT2D eigenvalue weighted by Crippen LogP contribution is 2.21. The number of hydrogen-bond donors (Lipinski definition) is 1. The van der Waals surface area contributed by atoms with Crippen LogP contribution in [0.4, 0.5) is 5.69 Å². The number of piperidine rings is 1. The van der Waals surface area contributed by atoms with Gasteiger partial charge in [0.15, 0.2) is 0 Å². The molecule has 1 saturated heterocycles. The minimum absolute atomic E-state index is 0.0221. The van der Waals surface area contributed by atoms with Gasteiger partial charge in [0.25, 0.3) is 5.91 Å². The molecule has 2 amide bonds. The average Bonchev–Trinajstić information content (AvgIpc) is 2.69. The molecule has 0 spiro atoms. The van der Waals surface area contributed by atoms with Gasteiger partial charge in [0.1, 0.15) is 0 Å². The number of amides is 2. The van der Waals surface area contributed by atoms with Crippen molar-refractivity contribution in [3.63, 3.8) is 0 Å². The van der Waals surface area contributed by atoms with Crippen molar-refractivity contribution >= 4 is 17.5 Å². The van der Waals surface area contributed by atoms with E-state index < -0.39 is 0 Å². The molecule has 1 N–H and O–H groups in total. The Labute approximate surface area is 154 Å². The molecule has 1 fully saturated rings. The van der Waals surface area contributed by atoms with E-state index in [9.17, 15) is 9.59 Å². The van der Waals surface area contributed by atoms with Crippen LogP contribution >= 0.6 is 0 Å². The van der Waals surface area contributed by atoms with E-state index in [1.54, 1.807) is 12.0 Å². The molecule has 2 aromatic rings. The zero-order valence-electron chi connectivity index (χ0n) is 15.0. The number of benzene rings is 2. The molecule has 136 valence electrons. The maximum atomic E-state index is 12.8. The monoisotopic (exact) mass is 352 g/mol. The molecule has 1 heterocycles. The summed E-state index contributed by atoms with van der Waals surface area (Å²) in [6.45, 7) is 1.67. The van der Waals surface area contributed by atoms with E-state index in [1.165, 1.54) is 0 Å². The molecule has 1 aliphatic heterocycles. The van der Waals surface area contributed by atoms with Gasteiger partial charge in [-0.25, -0.2) is 0 Å². The number of likely N-dealkylation sites (tertiary alicyclic amines) is 1. The van der Waals surface area contributed by atoms with E-state index in [0.29, 0.717) is 25.3 Å². The lowest BCUT2D eigenvalue weighted by Crippen LogP contribution is -2.43. The first-order valence-corrected chi connectivity index (χ1v) is 8.90. The first-order chi connectivity index (χ1) is 12.7. The van der Waals surface area contributed by atoms with Crippen LogP contribution < -0.4 is 5.32 Å². The van der Waals surface area contributed by atoms with Crippen LogP contribution in [0.5, 0.6) is 0 Å². The Morgan fingerprint density at radius 1 is 1.12 bits per heavy atom. The van der Waals surface area contributed by atoms with Crippen molar-refractivity contribution in [3.05, 3.63) is 65.7 Å². The predicted octanol–water partition coefficient (Wildman–Crippen LogP) is 3.32. The summed E-state index contributed by atoms with van der Waals surface area (Å²) in [7, 11) is 1.65. The quantitative estimate of drug-likeness (QED) is 0.898. The summed E-state index contributed by atoms with van der Waals surface area (Å²) in [5, 5.41) is 2.94. The Hall–Kier alpha value is -2.66. The molecule has 0 radical (unpaired) electrons. The van der Waals surface area contributed by atoms with Gasteiger partial charge in [0.2, 0.25) is 5.91 Å². The molecule has 1 aliphatic rings. The maximum Gasteiger partial charge on any atom is 0.253 e. The molecule has 1 atom stereocenters. The van der Waals surface area contributed by atoms with Gasteiger partial charge in [-0.1, -0.05) is 30.3 Å². The van der Waals surface area contributed by atoms with Gasteiger partial charge in [0, 0.05) is 31.5 Å². The molecular formula is C21H24N2O3. The van der Waals surface area contributed by atoms with Crippen LogP contribution in [0.3, 0.4) is 0 Å². The number of rotatable bonds is 5. The molecule has 5 nitrogen and oxygen atoms in total. The third-order valence-electron chi connectivity index (χ3n) is 4.63. The highest BCUT2D eigenvalue weighted by Gasteiger charge is 2.29. The number of methoxy groups -OCH3 is 1. The van der Waals surface area contributed by atoms with Crippen LogP contribution in [0.1, 0.15) is 28.8 Å². The Bertz CT molecular complexity index is 744. The molecule has 5 heteroatoms. The lowest BCUT2D eigenvalue weighted by atomic mass is 9.96. The Balaban J connectivity index is 1.62. The fraction of sp³-hybridized carbons (Fsp3) is 0.333. The summed E-state index contributed by atoms with van der Waals surface area (Å²) in [6, 6.07) is 16.9. The highest BCUT2D eigenvalue weighted by atomic mass is 16.5. The first-order valence-electron chi connectivity index (χ1n) is 8.90. The Morgan fingerprint density at radius 3 is 2.54 bits per heavy atom. The molecule has 0 saturated carbocycles. The summed E-state index contributed by atoms with van der Waals surface area (Å²) >= 11 is 0. The molecule has 26 heavy (non-hydrogen) atoms. The smallest absolute Gasteiger partial charge is 0.253 e. The van der Waals surface area contributed by atoms with Crippen LogP contribution in [0.25, 0.3) is 0 Å². The molecule has 0 bridgehead atoms. The van der Waals surface area contributed by atoms with Crippen molar-refractivity contribution in [2.75, 3.05) is 25.5 Å². The summed E-state index contributed by atoms with van der Waals surface area (Å²) in [4.78, 5) is 27.1. The Morgan fingerprint density at radius 2 is 1.85 bits per heavy atom.